The molecule has 1 fully saturated rings. The normalized spacial score (nSPS) is 15.0. The van der Waals surface area contributed by atoms with E-state index in [4.69, 9.17) is 4.74 Å². The second kappa shape index (κ2) is 6.20. The molecule has 0 N–H and O–H groups in total. The maximum absolute atomic E-state index is 14.0. The molecule has 2 aromatic rings. The fourth-order valence-electron chi connectivity index (χ4n) is 2.62. The molecule has 3 rings (SSSR count). The van der Waals surface area contributed by atoms with Gasteiger partial charge in [-0.3, -0.25) is 0 Å². The lowest BCUT2D eigenvalue weighted by Gasteiger charge is -2.17. The van der Waals surface area contributed by atoms with Crippen LogP contribution in [0.25, 0.3) is 0 Å². The Morgan fingerprint density at radius 3 is 2.26 bits per heavy atom. The number of hydrogen-bond donors (Lipinski definition) is 0. The van der Waals surface area contributed by atoms with Gasteiger partial charge in [0.05, 0.1) is 4.90 Å². The van der Waals surface area contributed by atoms with E-state index >= 15 is 0 Å². The summed E-state index contributed by atoms with van der Waals surface area (Å²) in [6.07, 6.45) is 3.45. The van der Waals surface area contributed by atoms with E-state index in [0.717, 1.165) is 31.1 Å². The summed E-state index contributed by atoms with van der Waals surface area (Å²) in [5.41, 5.74) is 1.13. The maximum atomic E-state index is 14.0. The Balaban J connectivity index is 1.76. The molecule has 0 bridgehead atoms. The van der Waals surface area contributed by atoms with Gasteiger partial charge in [-0.1, -0.05) is 0 Å². The summed E-state index contributed by atoms with van der Waals surface area (Å²) in [6, 6.07) is 11.1. The first-order valence-electron chi connectivity index (χ1n) is 7.46. The quantitative estimate of drug-likeness (QED) is 0.856. The van der Waals surface area contributed by atoms with Gasteiger partial charge in [-0.25, -0.2) is 12.8 Å². The van der Waals surface area contributed by atoms with Crippen LogP contribution in [0.1, 0.15) is 12.8 Å². The molecule has 0 unspecified atom stereocenters. The number of anilines is 1. The van der Waals surface area contributed by atoms with Crippen LogP contribution in [0.3, 0.4) is 0 Å². The Kier molecular flexibility index (Phi) is 4.26. The highest BCUT2D eigenvalue weighted by atomic mass is 32.2. The highest BCUT2D eigenvalue weighted by Gasteiger charge is 2.14. The summed E-state index contributed by atoms with van der Waals surface area (Å²) in [6.45, 7) is 2.11. The average molecular weight is 335 g/mol. The average Bonchev–Trinajstić information content (AvgIpc) is 3.03. The van der Waals surface area contributed by atoms with Gasteiger partial charge in [0, 0.05) is 25.0 Å². The topological polar surface area (TPSA) is 46.6 Å². The summed E-state index contributed by atoms with van der Waals surface area (Å²) >= 11 is 0. The van der Waals surface area contributed by atoms with E-state index in [2.05, 4.69) is 4.90 Å². The van der Waals surface area contributed by atoms with Gasteiger partial charge >= 0.3 is 0 Å². The number of rotatable bonds is 4. The summed E-state index contributed by atoms with van der Waals surface area (Å²) in [5, 5.41) is 0. The summed E-state index contributed by atoms with van der Waals surface area (Å²) in [7, 11) is -3.43. The van der Waals surface area contributed by atoms with Crippen molar-refractivity contribution in [1.29, 1.82) is 0 Å². The van der Waals surface area contributed by atoms with Crippen molar-refractivity contribution in [2.75, 3.05) is 24.2 Å². The molecule has 4 nitrogen and oxygen atoms in total. The van der Waals surface area contributed by atoms with Crippen molar-refractivity contribution in [2.45, 2.75) is 17.7 Å². The highest BCUT2D eigenvalue weighted by Crippen LogP contribution is 2.29. The van der Waals surface area contributed by atoms with Crippen LogP contribution in [0.4, 0.5) is 10.1 Å². The zero-order valence-electron chi connectivity index (χ0n) is 12.8. The molecule has 1 heterocycles. The lowest BCUT2D eigenvalue weighted by Crippen LogP contribution is -2.17. The number of halogens is 1. The van der Waals surface area contributed by atoms with E-state index in [1.165, 1.54) is 25.0 Å². The zero-order valence-corrected chi connectivity index (χ0v) is 13.6. The molecular formula is C17H18FNO3S. The SMILES string of the molecule is CS(=O)(=O)c1ccc(Oc2ccc(N3CCCC3)cc2)c(F)c1. The molecule has 0 aromatic heterocycles. The van der Waals surface area contributed by atoms with Gasteiger partial charge in [0.2, 0.25) is 0 Å². The van der Waals surface area contributed by atoms with Crippen LogP contribution in [0.2, 0.25) is 0 Å². The van der Waals surface area contributed by atoms with Crippen molar-refractivity contribution in [1.82, 2.24) is 0 Å². The Hall–Kier alpha value is -2.08. The molecule has 1 aliphatic heterocycles. The van der Waals surface area contributed by atoms with Crippen LogP contribution >= 0.6 is 0 Å². The predicted molar refractivity (Wildman–Crippen MR) is 87.5 cm³/mol. The molecule has 1 saturated heterocycles. The fraction of sp³-hybridized carbons (Fsp3) is 0.294. The van der Waals surface area contributed by atoms with Gasteiger partial charge in [-0.2, -0.15) is 0 Å². The van der Waals surface area contributed by atoms with Crippen molar-refractivity contribution in [3.8, 4) is 11.5 Å². The van der Waals surface area contributed by atoms with Crippen molar-refractivity contribution in [3.05, 3.63) is 48.3 Å². The van der Waals surface area contributed by atoms with E-state index in [-0.39, 0.29) is 10.6 Å². The Bertz CT molecular complexity index is 797. The van der Waals surface area contributed by atoms with Crippen molar-refractivity contribution in [2.24, 2.45) is 0 Å². The molecule has 6 heteroatoms. The van der Waals surface area contributed by atoms with E-state index in [1.807, 2.05) is 12.1 Å². The lowest BCUT2D eigenvalue weighted by atomic mass is 10.2. The standard InChI is InChI=1S/C17H18FNO3S/c1-23(20,21)15-8-9-17(16(18)12-15)22-14-6-4-13(5-7-14)19-10-2-3-11-19/h4-9,12H,2-3,10-11H2,1H3. The van der Waals surface area contributed by atoms with E-state index in [0.29, 0.717) is 5.75 Å². The molecule has 0 aliphatic carbocycles. The number of ether oxygens (including phenoxy) is 1. The van der Waals surface area contributed by atoms with Gasteiger partial charge in [-0.15, -0.1) is 0 Å². The minimum Gasteiger partial charge on any atom is -0.454 e. The van der Waals surface area contributed by atoms with Crippen LogP contribution in [0.5, 0.6) is 11.5 Å². The molecule has 1 aliphatic rings. The van der Waals surface area contributed by atoms with Gasteiger partial charge < -0.3 is 9.64 Å². The molecule has 0 amide bonds. The van der Waals surface area contributed by atoms with Gasteiger partial charge in [-0.05, 0) is 55.3 Å². The number of sulfone groups is 1. The first-order valence-corrected chi connectivity index (χ1v) is 9.35. The second-order valence-corrected chi connectivity index (χ2v) is 7.67. The Morgan fingerprint density at radius 1 is 1.04 bits per heavy atom. The van der Waals surface area contributed by atoms with Crippen LogP contribution in [0.15, 0.2) is 47.4 Å². The van der Waals surface area contributed by atoms with Gasteiger partial charge in [0.25, 0.3) is 0 Å². The van der Waals surface area contributed by atoms with Crippen molar-refractivity contribution >= 4 is 15.5 Å². The summed E-state index contributed by atoms with van der Waals surface area (Å²) in [5.74, 6) is -0.179. The Morgan fingerprint density at radius 2 is 1.70 bits per heavy atom. The first kappa shape index (κ1) is 15.8. The van der Waals surface area contributed by atoms with Crippen molar-refractivity contribution < 1.29 is 17.5 Å². The number of nitrogens with zero attached hydrogens (tertiary/aromatic N) is 1. The van der Waals surface area contributed by atoms with Gasteiger partial charge in [0.1, 0.15) is 5.75 Å². The van der Waals surface area contributed by atoms with E-state index in [9.17, 15) is 12.8 Å². The molecule has 0 saturated carbocycles. The molecule has 0 radical (unpaired) electrons. The monoisotopic (exact) mass is 335 g/mol. The third-order valence-corrected chi connectivity index (χ3v) is 4.98. The fourth-order valence-corrected chi connectivity index (χ4v) is 3.26. The van der Waals surface area contributed by atoms with Crippen LogP contribution in [0, 0.1) is 5.82 Å². The lowest BCUT2D eigenvalue weighted by molar-refractivity contribution is 0.441. The minimum atomic E-state index is -3.43. The van der Waals surface area contributed by atoms with Gasteiger partial charge in [0.15, 0.2) is 21.4 Å². The molecule has 0 atom stereocenters. The van der Waals surface area contributed by atoms with Crippen LogP contribution in [-0.2, 0) is 9.84 Å². The highest BCUT2D eigenvalue weighted by molar-refractivity contribution is 7.90. The Labute approximate surface area is 135 Å². The van der Waals surface area contributed by atoms with E-state index in [1.54, 1.807) is 12.1 Å². The second-order valence-electron chi connectivity index (χ2n) is 5.65. The largest absolute Gasteiger partial charge is 0.454 e. The zero-order chi connectivity index (χ0) is 16.4. The van der Waals surface area contributed by atoms with E-state index < -0.39 is 15.7 Å². The van der Waals surface area contributed by atoms with Crippen molar-refractivity contribution in [3.63, 3.8) is 0 Å². The van der Waals surface area contributed by atoms with Crippen LogP contribution < -0.4 is 9.64 Å². The molecule has 0 spiro atoms. The number of hydrogen-bond acceptors (Lipinski definition) is 4. The summed E-state index contributed by atoms with van der Waals surface area (Å²) < 4.78 is 42.3. The molecule has 2 aromatic carbocycles. The molecule has 122 valence electrons. The molecular weight excluding hydrogens is 317 g/mol. The smallest absolute Gasteiger partial charge is 0.175 e. The first-order chi connectivity index (χ1) is 10.9. The predicted octanol–water partition coefficient (Wildman–Crippen LogP) is 3.62. The molecule has 23 heavy (non-hydrogen) atoms. The van der Waals surface area contributed by atoms with Crippen LogP contribution in [-0.4, -0.2) is 27.8 Å². The summed E-state index contributed by atoms with van der Waals surface area (Å²) in [4.78, 5) is 2.23. The minimum absolute atomic E-state index is 0.00585. The number of benzene rings is 2. The maximum Gasteiger partial charge on any atom is 0.175 e. The third kappa shape index (κ3) is 3.64. The third-order valence-electron chi connectivity index (χ3n) is 3.87.